The van der Waals surface area contributed by atoms with Crippen molar-refractivity contribution in [3.8, 4) is 0 Å². The van der Waals surface area contributed by atoms with Crippen molar-refractivity contribution in [2.75, 3.05) is 19.1 Å². The van der Waals surface area contributed by atoms with Crippen LogP contribution in [0.25, 0.3) is 0 Å². The summed E-state index contributed by atoms with van der Waals surface area (Å²) >= 11 is 1.40. The number of sulfone groups is 1. The van der Waals surface area contributed by atoms with Gasteiger partial charge >= 0.3 is 0 Å². The minimum atomic E-state index is -3.20. The predicted octanol–water partition coefficient (Wildman–Crippen LogP) is 2.08. The normalized spacial score (nSPS) is 12.8. The predicted molar refractivity (Wildman–Crippen MR) is 71.4 cm³/mol. The van der Waals surface area contributed by atoms with Gasteiger partial charge in [0.2, 0.25) is 0 Å². The zero-order valence-electron chi connectivity index (χ0n) is 10.5. The summed E-state index contributed by atoms with van der Waals surface area (Å²) < 4.78 is 23.2. The van der Waals surface area contributed by atoms with E-state index in [9.17, 15) is 13.5 Å². The fourth-order valence-electron chi connectivity index (χ4n) is 1.49. The van der Waals surface area contributed by atoms with Crippen LogP contribution in [0.1, 0.15) is 19.4 Å². The second kappa shape index (κ2) is 5.00. The minimum absolute atomic E-state index is 0.0268. The Morgan fingerprint density at radius 2 is 1.94 bits per heavy atom. The average molecular weight is 274 g/mol. The Balaban J connectivity index is 3.38. The Hall–Kier alpha value is -0.520. The standard InChI is InChI=1S/C12H18O3S2/c1-12(2,8-13)9-5-6-11(17(4,14)15)10(7-9)16-3/h5-7,13H,8H2,1-4H3. The maximum Gasteiger partial charge on any atom is 0.176 e. The van der Waals surface area contributed by atoms with Crippen LogP contribution in [0.4, 0.5) is 0 Å². The summed E-state index contributed by atoms with van der Waals surface area (Å²) in [7, 11) is -3.20. The van der Waals surface area contributed by atoms with E-state index in [1.807, 2.05) is 26.2 Å². The van der Waals surface area contributed by atoms with Crippen LogP contribution in [-0.4, -0.2) is 32.6 Å². The van der Waals surface area contributed by atoms with Crippen LogP contribution in [-0.2, 0) is 15.3 Å². The molecule has 17 heavy (non-hydrogen) atoms. The lowest BCUT2D eigenvalue weighted by Crippen LogP contribution is -2.22. The Labute approximate surface area is 107 Å². The zero-order chi connectivity index (χ0) is 13.3. The van der Waals surface area contributed by atoms with Crippen LogP contribution in [0.3, 0.4) is 0 Å². The highest BCUT2D eigenvalue weighted by atomic mass is 32.2. The second-order valence-corrected chi connectivity index (χ2v) is 7.51. The van der Waals surface area contributed by atoms with Crippen LogP contribution < -0.4 is 0 Å². The van der Waals surface area contributed by atoms with Crippen LogP contribution in [0.2, 0.25) is 0 Å². The maximum absolute atomic E-state index is 11.6. The summed E-state index contributed by atoms with van der Waals surface area (Å²) in [6.07, 6.45) is 3.05. The molecule has 0 aromatic heterocycles. The van der Waals surface area contributed by atoms with Gasteiger partial charge in [0.1, 0.15) is 0 Å². The highest BCUT2D eigenvalue weighted by Gasteiger charge is 2.22. The highest BCUT2D eigenvalue weighted by molar-refractivity contribution is 7.99. The second-order valence-electron chi connectivity index (χ2n) is 4.68. The van der Waals surface area contributed by atoms with E-state index in [-0.39, 0.29) is 12.0 Å². The molecule has 3 nitrogen and oxygen atoms in total. The first kappa shape index (κ1) is 14.5. The summed E-state index contributed by atoms with van der Waals surface area (Å²) in [5.41, 5.74) is 0.581. The first-order chi connectivity index (χ1) is 7.72. The molecule has 0 spiro atoms. The van der Waals surface area contributed by atoms with Crippen LogP contribution in [0.15, 0.2) is 28.0 Å². The number of rotatable bonds is 4. The van der Waals surface area contributed by atoms with E-state index in [1.165, 1.54) is 18.0 Å². The molecule has 0 fully saturated rings. The van der Waals surface area contributed by atoms with Gasteiger partial charge < -0.3 is 5.11 Å². The van der Waals surface area contributed by atoms with Crippen LogP contribution >= 0.6 is 11.8 Å². The van der Waals surface area contributed by atoms with E-state index < -0.39 is 9.84 Å². The summed E-state index contributed by atoms with van der Waals surface area (Å²) in [6, 6.07) is 5.23. The molecule has 0 heterocycles. The van der Waals surface area contributed by atoms with Gasteiger partial charge in [-0.25, -0.2) is 8.42 Å². The number of benzene rings is 1. The first-order valence-electron chi connectivity index (χ1n) is 5.22. The van der Waals surface area contributed by atoms with E-state index in [4.69, 9.17) is 0 Å². The van der Waals surface area contributed by atoms with Gasteiger partial charge in [0.05, 0.1) is 11.5 Å². The Bertz CT molecular complexity index is 504. The molecule has 0 atom stereocenters. The molecule has 0 saturated heterocycles. The van der Waals surface area contributed by atoms with Crippen molar-refractivity contribution < 1.29 is 13.5 Å². The van der Waals surface area contributed by atoms with E-state index in [1.54, 1.807) is 12.1 Å². The number of aliphatic hydroxyl groups is 1. The lowest BCUT2D eigenvalue weighted by atomic mass is 9.86. The summed E-state index contributed by atoms with van der Waals surface area (Å²) in [4.78, 5) is 1.08. The van der Waals surface area contributed by atoms with Gasteiger partial charge in [-0.2, -0.15) is 0 Å². The van der Waals surface area contributed by atoms with Gasteiger partial charge in [-0.3, -0.25) is 0 Å². The lowest BCUT2D eigenvalue weighted by molar-refractivity contribution is 0.218. The molecule has 0 unspecified atom stereocenters. The molecule has 0 aliphatic carbocycles. The van der Waals surface area contributed by atoms with Gasteiger partial charge in [0.15, 0.2) is 9.84 Å². The number of thioether (sulfide) groups is 1. The Kier molecular flexibility index (Phi) is 4.28. The van der Waals surface area contributed by atoms with E-state index in [0.717, 1.165) is 10.5 Å². The first-order valence-corrected chi connectivity index (χ1v) is 8.33. The average Bonchev–Trinajstić information content (AvgIpc) is 2.27. The SMILES string of the molecule is CSc1cc(C(C)(C)CO)ccc1S(C)(=O)=O. The van der Waals surface area contributed by atoms with Crippen molar-refractivity contribution in [2.45, 2.75) is 29.1 Å². The molecule has 5 heteroatoms. The number of hydrogen-bond donors (Lipinski definition) is 1. The van der Waals surface area contributed by atoms with Crippen LogP contribution in [0, 0.1) is 0 Å². The molecule has 1 N–H and O–H groups in total. The smallest absolute Gasteiger partial charge is 0.176 e. The molecule has 0 saturated carbocycles. The van der Waals surface area contributed by atoms with Gasteiger partial charge in [-0.05, 0) is 24.0 Å². The van der Waals surface area contributed by atoms with Crippen molar-refractivity contribution in [3.63, 3.8) is 0 Å². The van der Waals surface area contributed by atoms with Gasteiger partial charge in [-0.1, -0.05) is 19.9 Å². The quantitative estimate of drug-likeness (QED) is 0.854. The number of hydrogen-bond acceptors (Lipinski definition) is 4. The molecule has 0 aliphatic rings. The summed E-state index contributed by atoms with van der Waals surface area (Å²) in [5.74, 6) is 0. The minimum Gasteiger partial charge on any atom is -0.395 e. The van der Waals surface area contributed by atoms with Crippen molar-refractivity contribution >= 4 is 21.6 Å². The van der Waals surface area contributed by atoms with Crippen LogP contribution in [0.5, 0.6) is 0 Å². The third-order valence-electron chi connectivity index (χ3n) is 2.74. The van der Waals surface area contributed by atoms with Gasteiger partial charge in [-0.15, -0.1) is 11.8 Å². The molecule has 1 rings (SSSR count). The fraction of sp³-hybridized carbons (Fsp3) is 0.500. The molecule has 1 aromatic rings. The van der Waals surface area contributed by atoms with E-state index >= 15 is 0 Å². The molecule has 0 amide bonds. The third-order valence-corrected chi connectivity index (χ3v) is 4.80. The highest BCUT2D eigenvalue weighted by Crippen LogP contribution is 2.31. The van der Waals surface area contributed by atoms with Gasteiger partial charge in [0, 0.05) is 16.6 Å². The van der Waals surface area contributed by atoms with E-state index in [0.29, 0.717) is 4.90 Å². The Morgan fingerprint density at radius 1 is 1.35 bits per heavy atom. The van der Waals surface area contributed by atoms with Crippen molar-refractivity contribution in [1.82, 2.24) is 0 Å². The zero-order valence-corrected chi connectivity index (χ0v) is 12.2. The van der Waals surface area contributed by atoms with Crippen molar-refractivity contribution in [3.05, 3.63) is 23.8 Å². The molecular weight excluding hydrogens is 256 g/mol. The lowest BCUT2D eigenvalue weighted by Gasteiger charge is -2.23. The Morgan fingerprint density at radius 3 is 2.35 bits per heavy atom. The fourth-order valence-corrected chi connectivity index (χ4v) is 3.44. The van der Waals surface area contributed by atoms with Gasteiger partial charge in [0.25, 0.3) is 0 Å². The molecule has 0 aliphatic heterocycles. The van der Waals surface area contributed by atoms with Crippen molar-refractivity contribution in [2.24, 2.45) is 0 Å². The molecule has 96 valence electrons. The van der Waals surface area contributed by atoms with Crippen molar-refractivity contribution in [1.29, 1.82) is 0 Å². The van der Waals surface area contributed by atoms with E-state index in [2.05, 4.69) is 0 Å². The largest absolute Gasteiger partial charge is 0.395 e. The number of aliphatic hydroxyl groups excluding tert-OH is 1. The summed E-state index contributed by atoms with van der Waals surface area (Å²) in [5, 5.41) is 9.32. The topological polar surface area (TPSA) is 54.4 Å². The molecule has 0 radical (unpaired) electrons. The molecule has 0 bridgehead atoms. The summed E-state index contributed by atoms with van der Waals surface area (Å²) in [6.45, 7) is 3.87. The third kappa shape index (κ3) is 3.24. The monoisotopic (exact) mass is 274 g/mol. The maximum atomic E-state index is 11.6. The molecular formula is C12H18O3S2. The molecule has 1 aromatic carbocycles.